The van der Waals surface area contributed by atoms with E-state index < -0.39 is 5.41 Å². The summed E-state index contributed by atoms with van der Waals surface area (Å²) in [6.07, 6.45) is 17.5. The molecule has 12 rings (SSSR count). The van der Waals surface area contributed by atoms with E-state index in [9.17, 15) is 19.2 Å². The van der Waals surface area contributed by atoms with Crippen LogP contribution in [-0.4, -0.2) is 134 Å². The van der Waals surface area contributed by atoms with Gasteiger partial charge in [-0.15, -0.1) is 0 Å². The number of nitrogens with zero attached hydrogens (tertiary/aromatic N) is 9. The van der Waals surface area contributed by atoms with E-state index in [1.165, 1.54) is 19.3 Å². The Morgan fingerprint density at radius 2 is 1.57 bits per heavy atom. The number of carbonyl (C=O) groups is 5. The van der Waals surface area contributed by atoms with E-state index in [1.54, 1.807) is 6.20 Å². The minimum Gasteiger partial charge on any atom is -0.366 e. The lowest BCUT2D eigenvalue weighted by Crippen LogP contribution is -2.58. The van der Waals surface area contributed by atoms with E-state index in [0.717, 1.165) is 115 Å². The fourth-order valence-electron chi connectivity index (χ4n) is 13.4. The molecule has 380 valence electrons. The number of rotatable bonds is 11. The second-order valence-corrected chi connectivity index (χ2v) is 22.8. The number of carbonyl (C=O) groups excluding carboxylic acids is 5. The molecule has 4 aromatic rings. The highest BCUT2D eigenvalue weighted by Crippen LogP contribution is 2.52. The number of piperidine rings is 5. The summed E-state index contributed by atoms with van der Waals surface area (Å²) < 4.78 is 2.20. The van der Waals surface area contributed by atoms with Crippen LogP contribution in [0.3, 0.4) is 0 Å². The van der Waals surface area contributed by atoms with Gasteiger partial charge < -0.3 is 34.4 Å². The number of imidazole rings is 1. The van der Waals surface area contributed by atoms with Crippen molar-refractivity contribution in [3.05, 3.63) is 60.0 Å². The van der Waals surface area contributed by atoms with Gasteiger partial charge in [0.15, 0.2) is 5.82 Å². The maximum atomic E-state index is 15.2. The Bertz CT molecular complexity index is 2730. The molecule has 2 saturated carbocycles. The Hall–Kier alpha value is -5.90. The zero-order valence-electron chi connectivity index (χ0n) is 42.2. The molecule has 3 aromatic heterocycles. The van der Waals surface area contributed by atoms with Crippen molar-refractivity contribution in [2.24, 2.45) is 11.8 Å². The number of fused-ring (bicyclic) bond motifs is 3. The van der Waals surface area contributed by atoms with E-state index >= 15 is 4.79 Å². The standard InChI is InChI=1S/C56H71N11O5/c1-35(2)66-34-58-46-32-45(60-52(51(46)66)59-40-8-9-40)38-6-11-44-47(29-38)67(42-30-41(31-42)62-20-4-3-5-21-62)55(72)56(44)18-26-65(27-19-56)54(71)37-16-24-64(25-17-37)50(69)28-36-14-22-63(23-15-36)48-12-7-39(33-57-48)43-10-13-49(68)61-53(43)70/h6-7,11-12,29,32-37,40-43H,3-5,8-10,13-28,30-31H2,1-2H3,(H,59,60)(H,61,68,70). The molecule has 1 unspecified atom stereocenters. The summed E-state index contributed by atoms with van der Waals surface area (Å²) in [5.74, 6) is 1.64. The largest absolute Gasteiger partial charge is 0.366 e. The van der Waals surface area contributed by atoms with E-state index in [-0.39, 0.29) is 53.5 Å². The summed E-state index contributed by atoms with van der Waals surface area (Å²) >= 11 is 0. The molecular weight excluding hydrogens is 907 g/mol. The molecule has 1 aromatic carbocycles. The fraction of sp³-hybridized carbons (Fsp3) is 0.607. The van der Waals surface area contributed by atoms with Crippen LogP contribution in [-0.2, 0) is 29.4 Å². The minimum atomic E-state index is -0.669. The summed E-state index contributed by atoms with van der Waals surface area (Å²) in [6.45, 7) is 10.6. The van der Waals surface area contributed by atoms with Crippen molar-refractivity contribution in [1.29, 1.82) is 0 Å². The Kier molecular flexibility index (Phi) is 12.6. The fourth-order valence-corrected chi connectivity index (χ4v) is 13.4. The lowest BCUT2D eigenvalue weighted by atomic mass is 9.73. The molecule has 72 heavy (non-hydrogen) atoms. The molecule has 8 aliphatic rings. The number of amides is 5. The molecule has 6 aliphatic heterocycles. The zero-order chi connectivity index (χ0) is 49.3. The van der Waals surface area contributed by atoms with Gasteiger partial charge >= 0.3 is 0 Å². The number of pyridine rings is 2. The molecule has 5 saturated heterocycles. The summed E-state index contributed by atoms with van der Waals surface area (Å²) in [5, 5.41) is 6.14. The number of hydrogen-bond donors (Lipinski definition) is 2. The van der Waals surface area contributed by atoms with Crippen LogP contribution < -0.4 is 20.4 Å². The molecule has 2 N–H and O–H groups in total. The Morgan fingerprint density at radius 1 is 0.806 bits per heavy atom. The number of nitrogens with one attached hydrogen (secondary N) is 2. The van der Waals surface area contributed by atoms with Gasteiger partial charge in [-0.25, -0.2) is 15.0 Å². The first-order chi connectivity index (χ1) is 35.0. The van der Waals surface area contributed by atoms with Gasteiger partial charge in [-0.1, -0.05) is 24.6 Å². The first-order valence-electron chi connectivity index (χ1n) is 27.5. The molecule has 9 heterocycles. The van der Waals surface area contributed by atoms with Crippen LogP contribution in [0.1, 0.15) is 140 Å². The zero-order valence-corrected chi connectivity index (χ0v) is 42.2. The Morgan fingerprint density at radius 3 is 2.26 bits per heavy atom. The third-order valence-electron chi connectivity index (χ3n) is 18.0. The van der Waals surface area contributed by atoms with Gasteiger partial charge in [-0.3, -0.25) is 29.3 Å². The summed E-state index contributed by atoms with van der Waals surface area (Å²) in [7, 11) is 0. The van der Waals surface area contributed by atoms with Crippen molar-refractivity contribution in [1.82, 2.24) is 39.5 Å². The van der Waals surface area contributed by atoms with Crippen molar-refractivity contribution in [3.63, 3.8) is 0 Å². The number of likely N-dealkylation sites (tertiary alicyclic amines) is 3. The molecule has 16 nitrogen and oxygen atoms in total. The van der Waals surface area contributed by atoms with Crippen LogP contribution in [0.15, 0.2) is 48.9 Å². The smallest absolute Gasteiger partial charge is 0.238 e. The maximum absolute atomic E-state index is 15.2. The summed E-state index contributed by atoms with van der Waals surface area (Å²) in [5.41, 5.74) is 6.07. The van der Waals surface area contributed by atoms with Crippen LogP contribution in [0.4, 0.5) is 17.3 Å². The second-order valence-electron chi connectivity index (χ2n) is 22.8. The maximum Gasteiger partial charge on any atom is 0.238 e. The van der Waals surface area contributed by atoms with Gasteiger partial charge in [0.1, 0.15) is 11.3 Å². The van der Waals surface area contributed by atoms with E-state index in [1.807, 2.05) is 28.3 Å². The minimum absolute atomic E-state index is 0.122. The topological polar surface area (TPSA) is 169 Å². The SMILES string of the molecule is CC(C)n1cnc2cc(-c3ccc4c(c3)N(C3CC(N5CCCCC5)C3)C(=O)C43CCN(C(=O)C4CCN(C(=O)CC5CCN(c6ccc(C7CCC(=O)NC7=O)cn6)CC5)CC4)CC3)nc(NC3CC3)c21. The van der Waals surface area contributed by atoms with Gasteiger partial charge in [-0.05, 0) is 146 Å². The third kappa shape index (κ3) is 8.82. The number of imide groups is 1. The van der Waals surface area contributed by atoms with E-state index in [4.69, 9.17) is 9.97 Å². The van der Waals surface area contributed by atoms with E-state index in [0.29, 0.717) is 89.1 Å². The molecule has 5 amide bonds. The number of benzene rings is 1. The molecular formula is C56H71N11O5. The molecule has 2 aliphatic carbocycles. The molecule has 1 spiro atoms. The van der Waals surface area contributed by atoms with Crippen LogP contribution in [0, 0.1) is 11.8 Å². The average molecular weight is 978 g/mol. The molecule has 7 fully saturated rings. The lowest BCUT2D eigenvalue weighted by molar-refractivity contribution is -0.143. The highest BCUT2D eigenvalue weighted by molar-refractivity contribution is 6.09. The highest BCUT2D eigenvalue weighted by Gasteiger charge is 2.56. The van der Waals surface area contributed by atoms with Crippen molar-refractivity contribution < 1.29 is 24.0 Å². The van der Waals surface area contributed by atoms with Gasteiger partial charge in [0.05, 0.1) is 28.9 Å². The van der Waals surface area contributed by atoms with Crippen molar-refractivity contribution >= 4 is 57.9 Å². The molecule has 16 heteroatoms. The summed E-state index contributed by atoms with van der Waals surface area (Å²) in [6, 6.07) is 13.9. The lowest BCUT2D eigenvalue weighted by Gasteiger charge is -2.48. The second kappa shape index (κ2) is 19.2. The normalized spacial score (nSPS) is 25.3. The molecule has 0 radical (unpaired) electrons. The monoisotopic (exact) mass is 978 g/mol. The predicted molar refractivity (Wildman–Crippen MR) is 275 cm³/mol. The van der Waals surface area contributed by atoms with Gasteiger partial charge in [0.2, 0.25) is 29.5 Å². The highest BCUT2D eigenvalue weighted by atomic mass is 16.2. The van der Waals surface area contributed by atoms with Gasteiger partial charge in [0, 0.05) is 99.6 Å². The first kappa shape index (κ1) is 47.1. The number of anilines is 3. The Labute approximate surface area is 422 Å². The van der Waals surface area contributed by atoms with Gasteiger partial charge in [-0.2, -0.15) is 0 Å². The third-order valence-corrected chi connectivity index (χ3v) is 18.0. The molecule has 1 atom stereocenters. The average Bonchev–Trinajstić information content (AvgIpc) is 4.05. The quantitative estimate of drug-likeness (QED) is 0.150. The van der Waals surface area contributed by atoms with E-state index in [2.05, 4.69) is 73.0 Å². The molecule has 0 bridgehead atoms. The van der Waals surface area contributed by atoms with Crippen molar-refractivity contribution in [2.45, 2.75) is 152 Å². The van der Waals surface area contributed by atoms with Crippen LogP contribution in [0.5, 0.6) is 0 Å². The van der Waals surface area contributed by atoms with Crippen molar-refractivity contribution in [3.8, 4) is 11.3 Å². The number of aromatic nitrogens is 4. The first-order valence-corrected chi connectivity index (χ1v) is 27.5. The van der Waals surface area contributed by atoms with Crippen LogP contribution in [0.2, 0.25) is 0 Å². The van der Waals surface area contributed by atoms with Gasteiger partial charge in [0.25, 0.3) is 0 Å². The Balaban J connectivity index is 0.679. The predicted octanol–water partition coefficient (Wildman–Crippen LogP) is 6.94. The summed E-state index contributed by atoms with van der Waals surface area (Å²) in [4.78, 5) is 92.9. The van der Waals surface area contributed by atoms with Crippen LogP contribution >= 0.6 is 0 Å². The van der Waals surface area contributed by atoms with Crippen LogP contribution in [0.25, 0.3) is 22.3 Å². The van der Waals surface area contributed by atoms with Crippen molar-refractivity contribution in [2.75, 3.05) is 67.5 Å². The number of hydrogen-bond acceptors (Lipinski definition) is 11.